The van der Waals surface area contributed by atoms with Gasteiger partial charge in [-0.3, -0.25) is 0 Å². The van der Waals surface area contributed by atoms with E-state index >= 15 is 0 Å². The van der Waals surface area contributed by atoms with Crippen LogP contribution in [0.3, 0.4) is 0 Å². The Balaban J connectivity index is 2.06. The predicted molar refractivity (Wildman–Crippen MR) is 48.1 cm³/mol. The predicted octanol–water partition coefficient (Wildman–Crippen LogP) is 1.08. The second-order valence-electron chi connectivity index (χ2n) is 3.66. The van der Waals surface area contributed by atoms with E-state index < -0.39 is 11.6 Å². The van der Waals surface area contributed by atoms with Gasteiger partial charge in [0, 0.05) is 13.1 Å². The number of fused-ring (bicyclic) bond motifs is 2. The molecule has 80 valence electrons. The minimum absolute atomic E-state index is 0.111. The number of benzene rings is 1. The average molecular weight is 213 g/mol. The van der Waals surface area contributed by atoms with E-state index in [1.54, 1.807) is 0 Å². The molecular formula is C10H9F2NO2. The van der Waals surface area contributed by atoms with Gasteiger partial charge in [0.2, 0.25) is 11.5 Å². The molecule has 1 saturated heterocycles. The Bertz CT molecular complexity index is 374. The van der Waals surface area contributed by atoms with Gasteiger partial charge in [0.25, 0.3) is 0 Å². The Labute approximate surface area is 85.0 Å². The Morgan fingerprint density at radius 3 is 1.93 bits per heavy atom. The van der Waals surface area contributed by atoms with Crippen LogP contribution in [0.25, 0.3) is 0 Å². The highest BCUT2D eigenvalue weighted by atomic mass is 19.1. The molecular weight excluding hydrogens is 204 g/mol. The lowest BCUT2D eigenvalue weighted by atomic mass is 10.2. The monoisotopic (exact) mass is 213 g/mol. The Morgan fingerprint density at radius 2 is 1.47 bits per heavy atom. The summed E-state index contributed by atoms with van der Waals surface area (Å²) in [5, 5.41) is 3.04. The van der Waals surface area contributed by atoms with Crippen LogP contribution in [0.15, 0.2) is 12.1 Å². The van der Waals surface area contributed by atoms with Gasteiger partial charge in [-0.05, 0) is 12.1 Å². The van der Waals surface area contributed by atoms with Crippen molar-refractivity contribution in [1.29, 1.82) is 0 Å². The first-order chi connectivity index (χ1) is 7.25. The first-order valence-electron chi connectivity index (χ1n) is 4.78. The summed E-state index contributed by atoms with van der Waals surface area (Å²) < 4.78 is 37.4. The van der Waals surface area contributed by atoms with Crippen molar-refractivity contribution in [3.05, 3.63) is 23.8 Å². The summed E-state index contributed by atoms with van der Waals surface area (Å²) in [6.07, 6.45) is -0.456. The maximum atomic E-state index is 13.3. The van der Waals surface area contributed by atoms with Gasteiger partial charge in [0.15, 0.2) is 11.6 Å². The third-order valence-electron chi connectivity index (χ3n) is 2.66. The topological polar surface area (TPSA) is 30.5 Å². The summed E-state index contributed by atoms with van der Waals surface area (Å²) in [6.45, 7) is 1.19. The van der Waals surface area contributed by atoms with Crippen molar-refractivity contribution in [2.24, 2.45) is 0 Å². The van der Waals surface area contributed by atoms with Crippen molar-refractivity contribution in [2.45, 2.75) is 12.2 Å². The molecule has 2 heterocycles. The zero-order valence-electron chi connectivity index (χ0n) is 7.80. The van der Waals surface area contributed by atoms with Gasteiger partial charge in [-0.2, -0.15) is 0 Å². The maximum absolute atomic E-state index is 13.3. The van der Waals surface area contributed by atoms with Crippen molar-refractivity contribution in [1.82, 2.24) is 5.32 Å². The minimum Gasteiger partial charge on any atom is -0.478 e. The molecule has 0 aliphatic carbocycles. The lowest BCUT2D eigenvalue weighted by Crippen LogP contribution is -2.39. The lowest BCUT2D eigenvalue weighted by Gasteiger charge is -2.28. The molecule has 3 rings (SSSR count). The fraction of sp³-hybridized carbons (Fsp3) is 0.400. The normalized spacial score (nSPS) is 27.6. The fourth-order valence-corrected chi connectivity index (χ4v) is 1.90. The molecule has 1 fully saturated rings. The van der Waals surface area contributed by atoms with Crippen LogP contribution in [-0.4, -0.2) is 25.3 Å². The highest BCUT2D eigenvalue weighted by Crippen LogP contribution is 2.39. The smallest absolute Gasteiger partial charge is 0.200 e. The Morgan fingerprint density at radius 1 is 1.00 bits per heavy atom. The van der Waals surface area contributed by atoms with Crippen LogP contribution in [0.2, 0.25) is 0 Å². The van der Waals surface area contributed by atoms with E-state index in [2.05, 4.69) is 5.32 Å². The first-order valence-corrected chi connectivity index (χ1v) is 4.78. The molecule has 1 aromatic carbocycles. The molecule has 5 heteroatoms. The molecule has 2 atom stereocenters. The SMILES string of the molecule is Fc1ccc(F)c2c1O[C@@H]1CNC[C@H]1O2. The molecule has 0 aromatic heterocycles. The molecule has 15 heavy (non-hydrogen) atoms. The van der Waals surface area contributed by atoms with E-state index in [9.17, 15) is 8.78 Å². The quantitative estimate of drug-likeness (QED) is 0.699. The number of ether oxygens (including phenoxy) is 2. The number of hydrogen-bond acceptors (Lipinski definition) is 3. The molecule has 1 N–H and O–H groups in total. The van der Waals surface area contributed by atoms with Gasteiger partial charge >= 0.3 is 0 Å². The van der Waals surface area contributed by atoms with Crippen LogP contribution < -0.4 is 14.8 Å². The van der Waals surface area contributed by atoms with E-state index in [4.69, 9.17) is 9.47 Å². The van der Waals surface area contributed by atoms with Crippen molar-refractivity contribution >= 4 is 0 Å². The number of rotatable bonds is 0. The van der Waals surface area contributed by atoms with Crippen molar-refractivity contribution in [3.63, 3.8) is 0 Å². The maximum Gasteiger partial charge on any atom is 0.200 e. The second-order valence-corrected chi connectivity index (χ2v) is 3.66. The molecule has 0 bridgehead atoms. The van der Waals surface area contributed by atoms with Gasteiger partial charge in [0.1, 0.15) is 12.2 Å². The van der Waals surface area contributed by atoms with E-state index in [-0.39, 0.29) is 23.7 Å². The van der Waals surface area contributed by atoms with Crippen molar-refractivity contribution < 1.29 is 18.3 Å². The Kier molecular flexibility index (Phi) is 1.82. The third-order valence-corrected chi connectivity index (χ3v) is 2.66. The van der Waals surface area contributed by atoms with Crippen molar-refractivity contribution in [2.75, 3.05) is 13.1 Å². The fourth-order valence-electron chi connectivity index (χ4n) is 1.90. The van der Waals surface area contributed by atoms with E-state index in [1.165, 1.54) is 0 Å². The standard InChI is InChI=1S/C10H9F2NO2/c11-5-1-2-6(12)10-9(5)14-7-3-13-4-8(7)15-10/h1-2,7-8,13H,3-4H2/t7-,8-/m1/s1. The number of hydrogen-bond donors (Lipinski definition) is 1. The van der Waals surface area contributed by atoms with E-state index in [0.29, 0.717) is 13.1 Å². The largest absolute Gasteiger partial charge is 0.478 e. The van der Waals surface area contributed by atoms with E-state index in [0.717, 1.165) is 12.1 Å². The highest BCUT2D eigenvalue weighted by Gasteiger charge is 2.38. The van der Waals surface area contributed by atoms with Gasteiger partial charge in [-0.1, -0.05) is 0 Å². The number of halogens is 2. The van der Waals surface area contributed by atoms with Crippen LogP contribution in [0.5, 0.6) is 11.5 Å². The zero-order chi connectivity index (χ0) is 10.4. The molecule has 0 unspecified atom stereocenters. The van der Waals surface area contributed by atoms with Crippen LogP contribution in [0.1, 0.15) is 0 Å². The average Bonchev–Trinajstić information content (AvgIpc) is 2.69. The van der Waals surface area contributed by atoms with E-state index in [1.807, 2.05) is 0 Å². The third kappa shape index (κ3) is 1.26. The first kappa shape index (κ1) is 8.91. The van der Waals surface area contributed by atoms with Gasteiger partial charge < -0.3 is 14.8 Å². The molecule has 3 nitrogen and oxygen atoms in total. The van der Waals surface area contributed by atoms with Crippen LogP contribution in [-0.2, 0) is 0 Å². The molecule has 0 radical (unpaired) electrons. The summed E-state index contributed by atoms with van der Waals surface area (Å²) in [5.41, 5.74) is 0. The van der Waals surface area contributed by atoms with Gasteiger partial charge in [-0.25, -0.2) is 8.78 Å². The van der Waals surface area contributed by atoms with Gasteiger partial charge in [0.05, 0.1) is 0 Å². The zero-order valence-corrected chi connectivity index (χ0v) is 7.80. The summed E-state index contributed by atoms with van der Waals surface area (Å²) in [5.74, 6) is -1.39. The summed E-state index contributed by atoms with van der Waals surface area (Å²) in [6, 6.07) is 2.08. The highest BCUT2D eigenvalue weighted by molar-refractivity contribution is 5.44. The molecule has 1 aromatic rings. The molecule has 0 spiro atoms. The van der Waals surface area contributed by atoms with Crippen LogP contribution in [0.4, 0.5) is 8.78 Å². The summed E-state index contributed by atoms with van der Waals surface area (Å²) in [4.78, 5) is 0. The molecule has 2 aliphatic rings. The van der Waals surface area contributed by atoms with Crippen molar-refractivity contribution in [3.8, 4) is 11.5 Å². The lowest BCUT2D eigenvalue weighted by molar-refractivity contribution is 0.0467. The summed E-state index contributed by atoms with van der Waals surface area (Å²) >= 11 is 0. The number of nitrogens with one attached hydrogen (secondary N) is 1. The molecule has 0 saturated carbocycles. The van der Waals surface area contributed by atoms with Crippen LogP contribution >= 0.6 is 0 Å². The second kappa shape index (κ2) is 3.06. The molecule has 0 amide bonds. The Hall–Kier alpha value is -1.36. The van der Waals surface area contributed by atoms with Crippen LogP contribution in [0, 0.1) is 11.6 Å². The van der Waals surface area contributed by atoms with Gasteiger partial charge in [-0.15, -0.1) is 0 Å². The minimum atomic E-state index is -0.586. The molecule has 2 aliphatic heterocycles. The summed E-state index contributed by atoms with van der Waals surface area (Å²) in [7, 11) is 0.